The number of nitrogens with zero attached hydrogens (tertiary/aromatic N) is 2. The Balaban J connectivity index is 1.86. The van der Waals surface area contributed by atoms with E-state index in [9.17, 15) is 9.59 Å². The molecule has 0 aliphatic carbocycles. The lowest BCUT2D eigenvalue weighted by molar-refractivity contribution is -0.145. The molecule has 0 saturated heterocycles. The van der Waals surface area contributed by atoms with E-state index in [0.29, 0.717) is 29.3 Å². The van der Waals surface area contributed by atoms with Crippen molar-refractivity contribution in [2.24, 2.45) is 0 Å². The summed E-state index contributed by atoms with van der Waals surface area (Å²) in [4.78, 5) is 30.0. The minimum atomic E-state index is -0.485. The molecule has 0 saturated carbocycles. The fourth-order valence-electron chi connectivity index (χ4n) is 2.88. The lowest BCUT2D eigenvalue weighted by Crippen LogP contribution is -2.26. The Hall–Kier alpha value is -2.51. The summed E-state index contributed by atoms with van der Waals surface area (Å²) in [5, 5.41) is 2.47. The van der Waals surface area contributed by atoms with E-state index >= 15 is 0 Å². The summed E-state index contributed by atoms with van der Waals surface area (Å²) in [5.41, 5.74) is 2.81. The van der Waals surface area contributed by atoms with Gasteiger partial charge in [0, 0.05) is 17.6 Å². The lowest BCUT2D eigenvalue weighted by Gasteiger charge is -2.08. The number of aromatic nitrogens is 2. The van der Waals surface area contributed by atoms with Crippen LogP contribution in [0.2, 0.25) is 0 Å². The first kappa shape index (κ1) is 20.2. The molecule has 3 aromatic rings. The van der Waals surface area contributed by atoms with Crippen molar-refractivity contribution >= 4 is 27.5 Å². The standard InChI is InChI=1S/C21H24N2O4S/c1-4-26-9-10-27-18(24)11-23-13-22-20-19(21(23)25)17(12-28-20)16-7-5-15(6-8-16)14(2)3/h5-8,12-14H,4,9-11H2,1-3H3. The van der Waals surface area contributed by atoms with Crippen LogP contribution in [0.25, 0.3) is 21.3 Å². The number of carbonyl (C=O) groups is 1. The van der Waals surface area contributed by atoms with Crippen LogP contribution in [0, 0.1) is 0 Å². The molecular weight excluding hydrogens is 376 g/mol. The normalized spacial score (nSPS) is 11.3. The van der Waals surface area contributed by atoms with Gasteiger partial charge in [0.2, 0.25) is 0 Å². The summed E-state index contributed by atoms with van der Waals surface area (Å²) in [6, 6.07) is 8.20. The molecule has 7 heteroatoms. The van der Waals surface area contributed by atoms with E-state index in [0.717, 1.165) is 11.1 Å². The molecule has 0 aliphatic rings. The molecular formula is C21H24N2O4S. The van der Waals surface area contributed by atoms with Gasteiger partial charge in [-0.2, -0.15) is 0 Å². The van der Waals surface area contributed by atoms with Crippen LogP contribution in [0.3, 0.4) is 0 Å². The minimum Gasteiger partial charge on any atom is -0.462 e. The number of fused-ring (bicyclic) bond motifs is 1. The van der Waals surface area contributed by atoms with Crippen molar-refractivity contribution in [1.82, 2.24) is 9.55 Å². The Morgan fingerprint density at radius 3 is 2.64 bits per heavy atom. The summed E-state index contributed by atoms with van der Waals surface area (Å²) >= 11 is 1.42. The van der Waals surface area contributed by atoms with Gasteiger partial charge in [-0.3, -0.25) is 14.2 Å². The maximum Gasteiger partial charge on any atom is 0.326 e. The highest BCUT2D eigenvalue weighted by molar-refractivity contribution is 7.17. The molecule has 0 amide bonds. The SMILES string of the molecule is CCOCCOC(=O)Cn1cnc2scc(-c3ccc(C(C)C)cc3)c2c1=O. The molecule has 2 heterocycles. The van der Waals surface area contributed by atoms with Gasteiger partial charge in [0.25, 0.3) is 5.56 Å². The number of hydrogen-bond acceptors (Lipinski definition) is 6. The maximum atomic E-state index is 13.0. The van der Waals surface area contributed by atoms with Crippen molar-refractivity contribution < 1.29 is 14.3 Å². The van der Waals surface area contributed by atoms with Crippen molar-refractivity contribution in [1.29, 1.82) is 0 Å². The van der Waals surface area contributed by atoms with Crippen LogP contribution in [-0.2, 0) is 20.8 Å². The third-order valence-corrected chi connectivity index (χ3v) is 5.33. The molecule has 2 aromatic heterocycles. The zero-order chi connectivity index (χ0) is 20.1. The van der Waals surface area contributed by atoms with Crippen molar-refractivity contribution in [3.8, 4) is 11.1 Å². The Labute approximate surface area is 167 Å². The molecule has 0 fully saturated rings. The molecule has 28 heavy (non-hydrogen) atoms. The maximum absolute atomic E-state index is 13.0. The van der Waals surface area contributed by atoms with Gasteiger partial charge in [-0.05, 0) is 24.0 Å². The monoisotopic (exact) mass is 400 g/mol. The second kappa shape index (κ2) is 9.12. The summed E-state index contributed by atoms with van der Waals surface area (Å²) in [7, 11) is 0. The van der Waals surface area contributed by atoms with E-state index in [4.69, 9.17) is 9.47 Å². The van der Waals surface area contributed by atoms with Crippen molar-refractivity contribution in [3.63, 3.8) is 0 Å². The predicted octanol–water partition coefficient (Wildman–Crippen LogP) is 3.83. The van der Waals surface area contributed by atoms with Gasteiger partial charge in [-0.1, -0.05) is 38.1 Å². The molecule has 6 nitrogen and oxygen atoms in total. The van der Waals surface area contributed by atoms with E-state index in [-0.39, 0.29) is 18.7 Å². The Kier molecular flexibility index (Phi) is 6.59. The van der Waals surface area contributed by atoms with E-state index in [2.05, 4.69) is 31.0 Å². The predicted molar refractivity (Wildman–Crippen MR) is 111 cm³/mol. The van der Waals surface area contributed by atoms with Crippen LogP contribution < -0.4 is 5.56 Å². The van der Waals surface area contributed by atoms with E-state index in [1.54, 1.807) is 0 Å². The largest absolute Gasteiger partial charge is 0.462 e. The number of thiophene rings is 1. The van der Waals surface area contributed by atoms with E-state index in [1.165, 1.54) is 27.8 Å². The average Bonchev–Trinajstić information content (AvgIpc) is 3.12. The zero-order valence-corrected chi connectivity index (χ0v) is 17.1. The average molecular weight is 401 g/mol. The Bertz CT molecular complexity index is 1010. The number of carbonyl (C=O) groups excluding carboxylic acids is 1. The third-order valence-electron chi connectivity index (χ3n) is 4.44. The van der Waals surface area contributed by atoms with Crippen LogP contribution in [0.1, 0.15) is 32.3 Å². The summed E-state index contributed by atoms with van der Waals surface area (Å²) < 4.78 is 11.5. The fourth-order valence-corrected chi connectivity index (χ4v) is 3.79. The first-order chi connectivity index (χ1) is 13.5. The first-order valence-electron chi connectivity index (χ1n) is 9.31. The number of benzene rings is 1. The summed E-state index contributed by atoms with van der Waals surface area (Å²) in [6.07, 6.45) is 1.40. The van der Waals surface area contributed by atoms with Crippen LogP contribution in [0.15, 0.2) is 40.8 Å². The van der Waals surface area contributed by atoms with Gasteiger partial charge in [-0.15, -0.1) is 11.3 Å². The third kappa shape index (κ3) is 4.48. The summed E-state index contributed by atoms with van der Waals surface area (Å²) in [5.74, 6) is -0.0399. The molecule has 0 unspecified atom stereocenters. The lowest BCUT2D eigenvalue weighted by atomic mass is 9.99. The molecule has 1 aromatic carbocycles. The Morgan fingerprint density at radius 1 is 1.21 bits per heavy atom. The van der Waals surface area contributed by atoms with Crippen molar-refractivity contribution in [2.45, 2.75) is 33.2 Å². The smallest absolute Gasteiger partial charge is 0.326 e. The molecule has 3 rings (SSSR count). The number of esters is 1. The molecule has 0 aliphatic heterocycles. The quantitative estimate of drug-likeness (QED) is 0.425. The molecule has 0 radical (unpaired) electrons. The first-order valence-corrected chi connectivity index (χ1v) is 10.2. The van der Waals surface area contributed by atoms with Gasteiger partial charge < -0.3 is 9.47 Å². The second-order valence-corrected chi connectivity index (χ2v) is 7.56. The van der Waals surface area contributed by atoms with Crippen molar-refractivity contribution in [2.75, 3.05) is 19.8 Å². The van der Waals surface area contributed by atoms with Crippen LogP contribution >= 0.6 is 11.3 Å². The molecule has 148 valence electrons. The highest BCUT2D eigenvalue weighted by atomic mass is 32.1. The number of rotatable bonds is 8. The van der Waals surface area contributed by atoms with E-state index < -0.39 is 5.97 Å². The number of ether oxygens (including phenoxy) is 2. The van der Waals surface area contributed by atoms with Crippen molar-refractivity contribution in [3.05, 3.63) is 51.9 Å². The highest BCUT2D eigenvalue weighted by Gasteiger charge is 2.15. The minimum absolute atomic E-state index is 0.170. The topological polar surface area (TPSA) is 70.4 Å². The van der Waals surface area contributed by atoms with Gasteiger partial charge >= 0.3 is 5.97 Å². The highest BCUT2D eigenvalue weighted by Crippen LogP contribution is 2.31. The van der Waals surface area contributed by atoms with Crippen LogP contribution in [0.5, 0.6) is 0 Å². The van der Waals surface area contributed by atoms with Crippen LogP contribution in [0.4, 0.5) is 0 Å². The molecule has 0 spiro atoms. The molecule has 0 atom stereocenters. The van der Waals surface area contributed by atoms with Gasteiger partial charge in [-0.25, -0.2) is 4.98 Å². The van der Waals surface area contributed by atoms with Gasteiger partial charge in [0.05, 0.1) is 18.3 Å². The van der Waals surface area contributed by atoms with Gasteiger partial charge in [0.1, 0.15) is 18.0 Å². The molecule has 0 bridgehead atoms. The van der Waals surface area contributed by atoms with Crippen LogP contribution in [-0.4, -0.2) is 35.3 Å². The zero-order valence-electron chi connectivity index (χ0n) is 16.3. The summed E-state index contributed by atoms with van der Waals surface area (Å²) in [6.45, 7) is 7.07. The fraction of sp³-hybridized carbons (Fsp3) is 0.381. The Morgan fingerprint density at radius 2 is 1.96 bits per heavy atom. The second-order valence-electron chi connectivity index (χ2n) is 6.70. The number of hydrogen-bond donors (Lipinski definition) is 0. The van der Waals surface area contributed by atoms with E-state index in [1.807, 2.05) is 24.4 Å². The molecule has 0 N–H and O–H groups in total. The van der Waals surface area contributed by atoms with Gasteiger partial charge in [0.15, 0.2) is 0 Å².